The second-order valence-corrected chi connectivity index (χ2v) is 9.89. The summed E-state index contributed by atoms with van der Waals surface area (Å²) in [6.45, 7) is 2.01. The topological polar surface area (TPSA) is 90.6 Å². The normalized spacial score (nSPS) is 19.3. The number of benzene rings is 2. The van der Waals surface area contributed by atoms with Crippen molar-refractivity contribution < 1.29 is 15.0 Å². The van der Waals surface area contributed by atoms with E-state index >= 15 is 0 Å². The molecular weight excluding hydrogens is 452 g/mol. The standard InChI is InChI=1S/C29H36N4O3/c1-20(35)29-30-14-15-33(29)27(19-34)13-6-21-4-7-22(8-5-21)23-9-11-24(12-10-23)25-16-26(17-25)31-28(36)18-32(2)3/h4-15,20,25-27,34-35H,16-19H2,1-3H3,(H,31,36)/b13-6+/t20-,25?,26?,27-/m0/s1. The van der Waals surface area contributed by atoms with Crippen LogP contribution < -0.4 is 5.32 Å². The molecule has 1 aliphatic rings. The monoisotopic (exact) mass is 488 g/mol. The van der Waals surface area contributed by atoms with Gasteiger partial charge in [0.1, 0.15) is 11.9 Å². The number of likely N-dealkylation sites (N-methyl/N-ethyl adjacent to an activating group) is 1. The predicted molar refractivity (Wildman–Crippen MR) is 142 cm³/mol. The van der Waals surface area contributed by atoms with Crippen molar-refractivity contribution in [2.24, 2.45) is 0 Å². The Morgan fingerprint density at radius 1 is 1.14 bits per heavy atom. The van der Waals surface area contributed by atoms with Crippen LogP contribution in [0.1, 0.15) is 54.8 Å². The van der Waals surface area contributed by atoms with E-state index in [2.05, 4.69) is 58.8 Å². The van der Waals surface area contributed by atoms with Gasteiger partial charge in [0.05, 0.1) is 19.2 Å². The number of aliphatic hydroxyl groups is 2. The molecule has 2 aromatic carbocycles. The largest absolute Gasteiger partial charge is 0.394 e. The minimum Gasteiger partial charge on any atom is -0.394 e. The van der Waals surface area contributed by atoms with Crippen molar-refractivity contribution in [3.63, 3.8) is 0 Å². The molecule has 0 spiro atoms. The maximum atomic E-state index is 11.9. The van der Waals surface area contributed by atoms with E-state index in [1.807, 2.05) is 31.1 Å². The van der Waals surface area contributed by atoms with Crippen LogP contribution in [0.15, 0.2) is 67.0 Å². The van der Waals surface area contributed by atoms with Gasteiger partial charge < -0.3 is 25.0 Å². The van der Waals surface area contributed by atoms with Crippen molar-refractivity contribution >= 4 is 12.0 Å². The van der Waals surface area contributed by atoms with Gasteiger partial charge in [-0.3, -0.25) is 4.79 Å². The highest BCUT2D eigenvalue weighted by molar-refractivity contribution is 5.78. The molecule has 0 radical (unpaired) electrons. The highest BCUT2D eigenvalue weighted by Crippen LogP contribution is 2.37. The van der Waals surface area contributed by atoms with Gasteiger partial charge in [0.25, 0.3) is 0 Å². The molecule has 1 saturated carbocycles. The number of nitrogens with one attached hydrogen (secondary N) is 1. The van der Waals surface area contributed by atoms with Crippen LogP contribution in [-0.4, -0.2) is 63.9 Å². The molecule has 0 bridgehead atoms. The molecule has 3 N–H and O–H groups in total. The molecule has 0 unspecified atom stereocenters. The Kier molecular flexibility index (Phi) is 8.36. The Bertz CT molecular complexity index is 1160. The molecule has 3 aromatic rings. The Balaban J connectivity index is 1.33. The number of amides is 1. The number of rotatable bonds is 10. The van der Waals surface area contributed by atoms with Crippen LogP contribution in [0.2, 0.25) is 0 Å². The number of aromatic nitrogens is 2. The van der Waals surface area contributed by atoms with Crippen LogP contribution in [0.25, 0.3) is 17.2 Å². The molecule has 0 saturated heterocycles. The average molecular weight is 489 g/mol. The van der Waals surface area contributed by atoms with Gasteiger partial charge >= 0.3 is 0 Å². The van der Waals surface area contributed by atoms with Crippen molar-refractivity contribution in [1.82, 2.24) is 19.8 Å². The summed E-state index contributed by atoms with van der Waals surface area (Å²) >= 11 is 0. The van der Waals surface area contributed by atoms with E-state index in [0.29, 0.717) is 18.3 Å². The molecule has 7 heteroatoms. The molecular formula is C29H36N4O3. The first-order chi connectivity index (χ1) is 17.3. The van der Waals surface area contributed by atoms with Gasteiger partial charge in [0.2, 0.25) is 5.91 Å². The number of hydrogen-bond donors (Lipinski definition) is 3. The Morgan fingerprint density at radius 2 is 1.78 bits per heavy atom. The third-order valence-electron chi connectivity index (χ3n) is 6.72. The molecule has 190 valence electrons. The molecule has 1 aliphatic carbocycles. The highest BCUT2D eigenvalue weighted by atomic mass is 16.3. The highest BCUT2D eigenvalue weighted by Gasteiger charge is 2.31. The van der Waals surface area contributed by atoms with Crippen molar-refractivity contribution in [3.05, 3.63) is 84.0 Å². The van der Waals surface area contributed by atoms with E-state index in [0.717, 1.165) is 29.5 Å². The Labute approximate surface area is 213 Å². The number of carbonyl (C=O) groups excluding carboxylic acids is 1. The minimum absolute atomic E-state index is 0.0821. The summed E-state index contributed by atoms with van der Waals surface area (Å²) < 4.78 is 1.79. The average Bonchev–Trinajstić information content (AvgIpc) is 3.32. The SMILES string of the molecule is C[C@H](O)c1nccn1[C@@H](/C=C/c1ccc(-c2ccc(C3CC(NC(=O)CN(C)C)C3)cc2)cc1)CO. The van der Waals surface area contributed by atoms with Crippen LogP contribution in [0, 0.1) is 0 Å². The zero-order chi connectivity index (χ0) is 25.7. The van der Waals surface area contributed by atoms with Crippen molar-refractivity contribution in [3.8, 4) is 11.1 Å². The van der Waals surface area contributed by atoms with Crippen LogP contribution in [-0.2, 0) is 4.79 Å². The van der Waals surface area contributed by atoms with Crippen LogP contribution >= 0.6 is 0 Å². The van der Waals surface area contributed by atoms with Gasteiger partial charge in [-0.1, -0.05) is 60.7 Å². The number of imidazole rings is 1. The summed E-state index contributed by atoms with van der Waals surface area (Å²) in [6, 6.07) is 17.0. The summed E-state index contributed by atoms with van der Waals surface area (Å²) in [4.78, 5) is 18.0. The first-order valence-electron chi connectivity index (χ1n) is 12.5. The predicted octanol–water partition coefficient (Wildman–Crippen LogP) is 3.77. The van der Waals surface area contributed by atoms with E-state index < -0.39 is 6.10 Å². The number of aliphatic hydroxyl groups excluding tert-OH is 2. The van der Waals surface area contributed by atoms with Gasteiger partial charge in [0.15, 0.2) is 0 Å². The molecule has 0 aliphatic heterocycles. The lowest BCUT2D eigenvalue weighted by molar-refractivity contribution is -0.123. The van der Waals surface area contributed by atoms with E-state index in [1.54, 1.807) is 23.9 Å². The lowest BCUT2D eigenvalue weighted by Crippen LogP contribution is -2.46. The van der Waals surface area contributed by atoms with Crippen LogP contribution in [0.3, 0.4) is 0 Å². The summed E-state index contributed by atoms with van der Waals surface area (Å²) in [6.07, 6.45) is 8.58. The summed E-state index contributed by atoms with van der Waals surface area (Å²) in [5.41, 5.74) is 4.66. The first kappa shape index (κ1) is 25.8. The molecule has 36 heavy (non-hydrogen) atoms. The number of carbonyl (C=O) groups is 1. The summed E-state index contributed by atoms with van der Waals surface area (Å²) in [5, 5.41) is 22.8. The van der Waals surface area contributed by atoms with Gasteiger partial charge in [-0.15, -0.1) is 0 Å². The van der Waals surface area contributed by atoms with Gasteiger partial charge in [-0.05, 0) is 62.0 Å². The molecule has 7 nitrogen and oxygen atoms in total. The fraction of sp³-hybridized carbons (Fsp3) is 0.379. The fourth-order valence-electron chi connectivity index (χ4n) is 4.70. The van der Waals surface area contributed by atoms with E-state index in [1.165, 1.54) is 5.56 Å². The smallest absolute Gasteiger partial charge is 0.234 e. The van der Waals surface area contributed by atoms with Gasteiger partial charge in [-0.2, -0.15) is 0 Å². The molecule has 2 atom stereocenters. The second-order valence-electron chi connectivity index (χ2n) is 9.89. The third-order valence-corrected chi connectivity index (χ3v) is 6.72. The quantitative estimate of drug-likeness (QED) is 0.404. The lowest BCUT2D eigenvalue weighted by Gasteiger charge is -2.36. The zero-order valence-electron chi connectivity index (χ0n) is 21.2. The molecule has 1 amide bonds. The summed E-state index contributed by atoms with van der Waals surface area (Å²) in [7, 11) is 3.80. The van der Waals surface area contributed by atoms with Crippen molar-refractivity contribution in [2.45, 2.75) is 43.9 Å². The maximum Gasteiger partial charge on any atom is 0.234 e. The van der Waals surface area contributed by atoms with Gasteiger partial charge in [0, 0.05) is 18.4 Å². The van der Waals surface area contributed by atoms with Gasteiger partial charge in [-0.25, -0.2) is 4.98 Å². The lowest BCUT2D eigenvalue weighted by atomic mass is 9.75. The number of hydrogen-bond acceptors (Lipinski definition) is 5. The number of nitrogens with zero attached hydrogens (tertiary/aromatic N) is 3. The van der Waals surface area contributed by atoms with Crippen molar-refractivity contribution in [1.29, 1.82) is 0 Å². The fourth-order valence-corrected chi connectivity index (χ4v) is 4.70. The molecule has 1 heterocycles. The van der Waals surface area contributed by atoms with E-state index in [-0.39, 0.29) is 24.6 Å². The van der Waals surface area contributed by atoms with Crippen molar-refractivity contribution in [2.75, 3.05) is 27.2 Å². The third kappa shape index (κ3) is 6.29. The Hall–Kier alpha value is -3.26. The van der Waals surface area contributed by atoms with Crippen LogP contribution in [0.4, 0.5) is 0 Å². The molecule has 4 rings (SSSR count). The maximum absolute atomic E-state index is 11.9. The molecule has 1 aromatic heterocycles. The van der Waals surface area contributed by atoms with E-state index in [9.17, 15) is 15.0 Å². The molecule has 1 fully saturated rings. The Morgan fingerprint density at radius 3 is 2.36 bits per heavy atom. The minimum atomic E-state index is -0.701. The van der Waals surface area contributed by atoms with E-state index in [4.69, 9.17) is 0 Å². The second kappa shape index (κ2) is 11.6. The zero-order valence-corrected chi connectivity index (χ0v) is 21.2. The summed E-state index contributed by atoms with van der Waals surface area (Å²) in [5.74, 6) is 1.12. The van der Waals surface area contributed by atoms with Crippen LogP contribution in [0.5, 0.6) is 0 Å². The first-order valence-corrected chi connectivity index (χ1v) is 12.5.